The van der Waals surface area contributed by atoms with Crippen LogP contribution in [0.4, 0.5) is 0 Å². The Balaban J connectivity index is 2.35. The molecule has 1 rings (SSSR count). The highest BCUT2D eigenvalue weighted by atomic mass is 16.5. The van der Waals surface area contributed by atoms with Crippen molar-refractivity contribution in [2.24, 2.45) is 17.2 Å². The first-order chi connectivity index (χ1) is 4.20. The van der Waals surface area contributed by atoms with Gasteiger partial charge >= 0.3 is 0 Å². The molecule has 1 fully saturated rings. The topological polar surface area (TPSA) is 87.3 Å². The van der Waals surface area contributed by atoms with Crippen LogP contribution in [0.2, 0.25) is 0 Å². The molecule has 0 radical (unpaired) electrons. The summed E-state index contributed by atoms with van der Waals surface area (Å²) in [6.45, 7) is 0. The van der Waals surface area contributed by atoms with E-state index in [2.05, 4.69) is 0 Å². The highest BCUT2D eigenvalue weighted by Gasteiger charge is 2.22. The Hall–Kier alpha value is -0.160. The fraction of sp³-hybridized carbons (Fsp3) is 1.00. The fourth-order valence-corrected chi connectivity index (χ4v) is 0.892. The predicted molar refractivity (Wildman–Crippen MR) is 34.2 cm³/mol. The van der Waals surface area contributed by atoms with E-state index >= 15 is 0 Å². The molecule has 9 heavy (non-hydrogen) atoms. The van der Waals surface area contributed by atoms with Gasteiger partial charge in [0.2, 0.25) is 0 Å². The van der Waals surface area contributed by atoms with Crippen LogP contribution in [0, 0.1) is 0 Å². The smallest absolute Gasteiger partial charge is 0.123 e. The molecule has 3 atom stereocenters. The molecule has 0 aliphatic carbocycles. The van der Waals surface area contributed by atoms with Crippen molar-refractivity contribution in [1.82, 2.24) is 0 Å². The van der Waals surface area contributed by atoms with Crippen LogP contribution in [0.1, 0.15) is 12.8 Å². The van der Waals surface area contributed by atoms with Crippen LogP contribution in [0.3, 0.4) is 0 Å². The van der Waals surface area contributed by atoms with E-state index in [1.165, 1.54) is 0 Å². The quantitative estimate of drug-likeness (QED) is 0.381. The Morgan fingerprint density at radius 2 is 1.78 bits per heavy atom. The van der Waals surface area contributed by atoms with Crippen molar-refractivity contribution in [2.45, 2.75) is 31.3 Å². The molecule has 6 N–H and O–H groups in total. The van der Waals surface area contributed by atoms with E-state index < -0.39 is 0 Å². The van der Waals surface area contributed by atoms with E-state index in [1.54, 1.807) is 0 Å². The summed E-state index contributed by atoms with van der Waals surface area (Å²) in [5, 5.41) is 0. The molecule has 0 bridgehead atoms. The van der Waals surface area contributed by atoms with Crippen LogP contribution in [0.25, 0.3) is 0 Å². The number of ether oxygens (including phenoxy) is 1. The number of hydrogen-bond acceptors (Lipinski definition) is 4. The average Bonchev–Trinajstić information content (AvgIpc) is 1.80. The minimum absolute atomic E-state index is 0.0372. The van der Waals surface area contributed by atoms with Crippen LogP contribution in [-0.4, -0.2) is 18.5 Å². The maximum absolute atomic E-state index is 5.53. The predicted octanol–water partition coefficient (Wildman–Crippen LogP) is -1.31. The SMILES string of the molecule is NC1CC[C@@H](N)O[C@H]1N. The zero-order valence-corrected chi connectivity index (χ0v) is 5.29. The lowest BCUT2D eigenvalue weighted by Crippen LogP contribution is -2.51. The van der Waals surface area contributed by atoms with E-state index in [1.807, 2.05) is 0 Å². The summed E-state index contributed by atoms with van der Waals surface area (Å²) < 4.78 is 5.03. The van der Waals surface area contributed by atoms with Gasteiger partial charge in [-0.15, -0.1) is 0 Å². The Morgan fingerprint density at radius 1 is 1.11 bits per heavy atom. The summed E-state index contributed by atoms with van der Waals surface area (Å²) in [4.78, 5) is 0. The van der Waals surface area contributed by atoms with Crippen LogP contribution in [0.5, 0.6) is 0 Å². The lowest BCUT2D eigenvalue weighted by molar-refractivity contribution is -0.0536. The standard InChI is InChI=1S/C5H13N3O/c6-3-1-2-4(7)9-5(3)8/h3-5H,1-2,6-8H2/t3?,4-,5+/m0/s1. The Labute approximate surface area is 54.3 Å². The molecule has 0 aromatic carbocycles. The minimum Gasteiger partial charge on any atom is -0.344 e. The lowest BCUT2D eigenvalue weighted by Gasteiger charge is -2.29. The van der Waals surface area contributed by atoms with E-state index in [4.69, 9.17) is 21.9 Å². The largest absolute Gasteiger partial charge is 0.344 e. The van der Waals surface area contributed by atoms with Crippen molar-refractivity contribution in [1.29, 1.82) is 0 Å². The summed E-state index contributed by atoms with van der Waals surface area (Å²) in [5.41, 5.74) is 16.4. The molecule has 1 heterocycles. The molecule has 0 saturated carbocycles. The first-order valence-corrected chi connectivity index (χ1v) is 3.12. The first-order valence-electron chi connectivity index (χ1n) is 3.12. The zero-order valence-electron chi connectivity index (χ0n) is 5.29. The normalized spacial score (nSPS) is 45.0. The van der Waals surface area contributed by atoms with Gasteiger partial charge in [-0.2, -0.15) is 0 Å². The minimum atomic E-state index is -0.367. The molecule has 1 unspecified atom stereocenters. The summed E-state index contributed by atoms with van der Waals surface area (Å²) in [5.74, 6) is 0. The third kappa shape index (κ3) is 1.62. The molecule has 4 heteroatoms. The van der Waals surface area contributed by atoms with Gasteiger partial charge in [-0.3, -0.25) is 0 Å². The van der Waals surface area contributed by atoms with Gasteiger partial charge in [0, 0.05) is 6.04 Å². The Kier molecular flexibility index (Phi) is 2.02. The molecule has 0 aromatic rings. The Bertz CT molecular complexity index is 98.2. The highest BCUT2D eigenvalue weighted by Crippen LogP contribution is 2.10. The summed E-state index contributed by atoms with van der Waals surface area (Å²) in [6.07, 6.45) is 1.10. The molecule has 4 nitrogen and oxygen atoms in total. The third-order valence-electron chi connectivity index (χ3n) is 1.54. The van der Waals surface area contributed by atoms with Gasteiger partial charge in [0.25, 0.3) is 0 Å². The van der Waals surface area contributed by atoms with E-state index in [0.717, 1.165) is 12.8 Å². The second kappa shape index (κ2) is 2.62. The van der Waals surface area contributed by atoms with Crippen molar-refractivity contribution in [2.75, 3.05) is 0 Å². The first kappa shape index (κ1) is 6.95. The van der Waals surface area contributed by atoms with Gasteiger partial charge in [0.1, 0.15) is 12.5 Å². The molecular formula is C5H13N3O. The van der Waals surface area contributed by atoms with Crippen molar-refractivity contribution < 1.29 is 4.74 Å². The third-order valence-corrected chi connectivity index (χ3v) is 1.54. The van der Waals surface area contributed by atoms with Gasteiger partial charge < -0.3 is 21.9 Å². The van der Waals surface area contributed by atoms with E-state index in [0.29, 0.717) is 0 Å². The summed E-state index contributed by atoms with van der Waals surface area (Å²) in [7, 11) is 0. The van der Waals surface area contributed by atoms with Crippen molar-refractivity contribution in [3.8, 4) is 0 Å². The van der Waals surface area contributed by atoms with Crippen LogP contribution in [-0.2, 0) is 4.74 Å². The second-order valence-corrected chi connectivity index (χ2v) is 2.38. The number of rotatable bonds is 0. The lowest BCUT2D eigenvalue weighted by atomic mass is 10.1. The average molecular weight is 131 g/mol. The maximum atomic E-state index is 5.53. The Morgan fingerprint density at radius 3 is 2.22 bits per heavy atom. The number of nitrogens with two attached hydrogens (primary N) is 3. The van der Waals surface area contributed by atoms with E-state index in [9.17, 15) is 0 Å². The van der Waals surface area contributed by atoms with Gasteiger partial charge in [-0.25, -0.2) is 0 Å². The van der Waals surface area contributed by atoms with Crippen LogP contribution in [0.15, 0.2) is 0 Å². The van der Waals surface area contributed by atoms with Crippen LogP contribution >= 0.6 is 0 Å². The molecule has 1 saturated heterocycles. The molecule has 0 aromatic heterocycles. The molecule has 54 valence electrons. The molecule has 0 spiro atoms. The van der Waals surface area contributed by atoms with Gasteiger partial charge in [0.05, 0.1) is 0 Å². The maximum Gasteiger partial charge on any atom is 0.123 e. The van der Waals surface area contributed by atoms with Gasteiger partial charge in [-0.1, -0.05) is 0 Å². The summed E-state index contributed by atoms with van der Waals surface area (Å²) in [6, 6.07) is -0.0372. The monoisotopic (exact) mass is 131 g/mol. The van der Waals surface area contributed by atoms with Crippen molar-refractivity contribution in [3.63, 3.8) is 0 Å². The molecule has 1 aliphatic rings. The number of hydrogen-bond donors (Lipinski definition) is 3. The van der Waals surface area contributed by atoms with Crippen LogP contribution < -0.4 is 17.2 Å². The summed E-state index contributed by atoms with van der Waals surface area (Å²) >= 11 is 0. The molecular weight excluding hydrogens is 118 g/mol. The van der Waals surface area contributed by atoms with Gasteiger partial charge in [0.15, 0.2) is 0 Å². The van der Waals surface area contributed by atoms with Crippen molar-refractivity contribution in [3.05, 3.63) is 0 Å². The molecule has 0 amide bonds. The molecule has 1 aliphatic heterocycles. The fourth-order valence-electron chi connectivity index (χ4n) is 0.892. The van der Waals surface area contributed by atoms with Gasteiger partial charge in [-0.05, 0) is 12.8 Å². The van der Waals surface area contributed by atoms with Crippen molar-refractivity contribution >= 4 is 0 Å². The zero-order chi connectivity index (χ0) is 6.85. The van der Waals surface area contributed by atoms with E-state index in [-0.39, 0.29) is 18.5 Å². The highest BCUT2D eigenvalue weighted by molar-refractivity contribution is 4.74. The second-order valence-electron chi connectivity index (χ2n) is 2.38.